The molecule has 4 rings (SSSR count). The van der Waals surface area contributed by atoms with E-state index in [1.807, 2.05) is 47.3 Å². The van der Waals surface area contributed by atoms with E-state index in [0.29, 0.717) is 39.0 Å². The second kappa shape index (κ2) is 9.93. The molecule has 0 saturated heterocycles. The Balaban J connectivity index is 1.17. The molecule has 7 heteroatoms. The summed E-state index contributed by atoms with van der Waals surface area (Å²) in [4.78, 5) is 23.6. The SMILES string of the molecule is O=C(CCCOc1ccc2c(c1)CCC(=O)N2)NCc1cccc(Cn2cccn2)c1. The van der Waals surface area contributed by atoms with Crippen LogP contribution in [0.4, 0.5) is 5.69 Å². The molecule has 0 radical (unpaired) electrons. The Morgan fingerprint density at radius 3 is 2.90 bits per heavy atom. The summed E-state index contributed by atoms with van der Waals surface area (Å²) < 4.78 is 7.65. The molecule has 31 heavy (non-hydrogen) atoms. The number of amides is 2. The fourth-order valence-electron chi connectivity index (χ4n) is 3.58. The van der Waals surface area contributed by atoms with Crippen molar-refractivity contribution in [1.82, 2.24) is 15.1 Å². The largest absolute Gasteiger partial charge is 0.494 e. The van der Waals surface area contributed by atoms with Crippen LogP contribution in [0.1, 0.15) is 36.0 Å². The number of ether oxygens (including phenoxy) is 1. The molecule has 160 valence electrons. The highest BCUT2D eigenvalue weighted by atomic mass is 16.5. The Kier molecular flexibility index (Phi) is 6.62. The number of rotatable bonds is 9. The molecule has 1 aromatic heterocycles. The van der Waals surface area contributed by atoms with Gasteiger partial charge in [0.25, 0.3) is 0 Å². The molecule has 0 unspecified atom stereocenters. The normalized spacial score (nSPS) is 12.7. The maximum atomic E-state index is 12.2. The van der Waals surface area contributed by atoms with E-state index in [1.165, 1.54) is 0 Å². The summed E-state index contributed by atoms with van der Waals surface area (Å²) in [6, 6.07) is 15.7. The molecule has 0 atom stereocenters. The molecule has 7 nitrogen and oxygen atoms in total. The van der Waals surface area contributed by atoms with Gasteiger partial charge in [-0.25, -0.2) is 0 Å². The summed E-state index contributed by atoms with van der Waals surface area (Å²) in [5, 5.41) is 10.1. The number of aromatic nitrogens is 2. The number of hydrogen-bond donors (Lipinski definition) is 2. The number of aryl methyl sites for hydroxylation is 1. The molecule has 1 aliphatic heterocycles. The molecule has 0 fully saturated rings. The molecule has 0 saturated carbocycles. The smallest absolute Gasteiger partial charge is 0.224 e. The minimum atomic E-state index is 0.00855. The number of benzene rings is 2. The summed E-state index contributed by atoms with van der Waals surface area (Å²) in [5.74, 6) is 0.829. The first-order valence-corrected chi connectivity index (χ1v) is 10.5. The maximum Gasteiger partial charge on any atom is 0.224 e. The molecule has 1 aliphatic rings. The predicted molar refractivity (Wildman–Crippen MR) is 118 cm³/mol. The Bertz CT molecular complexity index is 1050. The van der Waals surface area contributed by atoms with Crippen LogP contribution >= 0.6 is 0 Å². The first kappa shape index (κ1) is 20.7. The molecule has 3 aromatic rings. The van der Waals surface area contributed by atoms with Crippen LogP contribution in [-0.4, -0.2) is 28.2 Å². The monoisotopic (exact) mass is 418 g/mol. The first-order valence-electron chi connectivity index (χ1n) is 10.5. The predicted octanol–water partition coefficient (Wildman–Crippen LogP) is 3.29. The van der Waals surface area contributed by atoms with E-state index in [2.05, 4.69) is 27.9 Å². The van der Waals surface area contributed by atoms with Gasteiger partial charge in [0.1, 0.15) is 5.75 Å². The summed E-state index contributed by atoms with van der Waals surface area (Å²) in [6.45, 7) is 1.68. The van der Waals surface area contributed by atoms with Crippen LogP contribution in [0.2, 0.25) is 0 Å². The molecular weight excluding hydrogens is 392 g/mol. The average molecular weight is 418 g/mol. The van der Waals surface area contributed by atoms with E-state index in [1.54, 1.807) is 6.20 Å². The zero-order chi connectivity index (χ0) is 21.5. The maximum absolute atomic E-state index is 12.2. The Morgan fingerprint density at radius 2 is 2.03 bits per heavy atom. The first-order chi connectivity index (χ1) is 15.2. The van der Waals surface area contributed by atoms with Gasteiger partial charge in [-0.3, -0.25) is 14.3 Å². The van der Waals surface area contributed by atoms with Crippen molar-refractivity contribution in [3.63, 3.8) is 0 Å². The number of anilines is 1. The van der Waals surface area contributed by atoms with Crippen molar-refractivity contribution in [1.29, 1.82) is 0 Å². The van der Waals surface area contributed by atoms with Crippen molar-refractivity contribution in [2.45, 2.75) is 38.8 Å². The Morgan fingerprint density at radius 1 is 1.13 bits per heavy atom. The van der Waals surface area contributed by atoms with E-state index in [-0.39, 0.29) is 11.8 Å². The van der Waals surface area contributed by atoms with Crippen molar-refractivity contribution < 1.29 is 14.3 Å². The van der Waals surface area contributed by atoms with E-state index in [4.69, 9.17) is 4.74 Å². The number of carbonyl (C=O) groups is 2. The van der Waals surface area contributed by atoms with Gasteiger partial charge in [-0.2, -0.15) is 5.10 Å². The van der Waals surface area contributed by atoms with Crippen molar-refractivity contribution in [2.75, 3.05) is 11.9 Å². The zero-order valence-electron chi connectivity index (χ0n) is 17.3. The van der Waals surface area contributed by atoms with Gasteiger partial charge in [-0.05, 0) is 53.8 Å². The number of hydrogen-bond acceptors (Lipinski definition) is 4. The molecule has 0 spiro atoms. The molecule has 2 aromatic carbocycles. The molecule has 2 N–H and O–H groups in total. The highest BCUT2D eigenvalue weighted by Crippen LogP contribution is 2.26. The van der Waals surface area contributed by atoms with Gasteiger partial charge >= 0.3 is 0 Å². The van der Waals surface area contributed by atoms with Gasteiger partial charge < -0.3 is 15.4 Å². The van der Waals surface area contributed by atoms with Gasteiger partial charge in [0.2, 0.25) is 11.8 Å². The van der Waals surface area contributed by atoms with Crippen molar-refractivity contribution in [3.8, 4) is 5.75 Å². The van der Waals surface area contributed by atoms with Crippen LogP contribution in [0, 0.1) is 0 Å². The summed E-state index contributed by atoms with van der Waals surface area (Å²) in [6.07, 6.45) is 5.97. The van der Waals surface area contributed by atoms with E-state index >= 15 is 0 Å². The lowest BCUT2D eigenvalue weighted by molar-refractivity contribution is -0.121. The standard InChI is InChI=1S/C24H26N4O3/c29-23(25-16-18-4-1-5-19(14-18)17-28-12-3-11-26-28)6-2-13-31-21-8-9-22-20(15-21)7-10-24(30)27-22/h1,3-5,8-9,11-12,14-15H,2,6-7,10,13,16-17H2,(H,25,29)(H,27,30). The number of fused-ring (bicyclic) bond motifs is 1. The third-order valence-electron chi connectivity index (χ3n) is 5.17. The van der Waals surface area contributed by atoms with E-state index in [9.17, 15) is 9.59 Å². The summed E-state index contributed by atoms with van der Waals surface area (Å²) in [7, 11) is 0. The van der Waals surface area contributed by atoms with Crippen LogP contribution < -0.4 is 15.4 Å². The van der Waals surface area contributed by atoms with Crippen LogP contribution in [0.15, 0.2) is 60.9 Å². The fraction of sp³-hybridized carbons (Fsp3) is 0.292. The number of nitrogens with one attached hydrogen (secondary N) is 2. The Hall–Kier alpha value is -3.61. The molecule has 0 bridgehead atoms. The van der Waals surface area contributed by atoms with E-state index < -0.39 is 0 Å². The van der Waals surface area contributed by atoms with Crippen LogP contribution in [0.5, 0.6) is 5.75 Å². The number of carbonyl (C=O) groups excluding carboxylic acids is 2. The fourth-order valence-corrected chi connectivity index (χ4v) is 3.58. The van der Waals surface area contributed by atoms with Crippen molar-refractivity contribution in [3.05, 3.63) is 77.6 Å². The summed E-state index contributed by atoms with van der Waals surface area (Å²) >= 11 is 0. The van der Waals surface area contributed by atoms with Crippen LogP contribution in [-0.2, 0) is 29.1 Å². The molecule has 2 amide bonds. The zero-order valence-corrected chi connectivity index (χ0v) is 17.3. The van der Waals surface area contributed by atoms with Crippen molar-refractivity contribution in [2.24, 2.45) is 0 Å². The quantitative estimate of drug-likeness (QED) is 0.522. The third kappa shape index (κ3) is 5.94. The number of nitrogens with zero attached hydrogens (tertiary/aromatic N) is 2. The van der Waals surface area contributed by atoms with Gasteiger partial charge in [-0.15, -0.1) is 0 Å². The second-order valence-electron chi connectivity index (χ2n) is 7.62. The minimum absolute atomic E-state index is 0.00855. The third-order valence-corrected chi connectivity index (χ3v) is 5.17. The Labute approximate surface area is 181 Å². The van der Waals surface area contributed by atoms with Crippen LogP contribution in [0.25, 0.3) is 0 Å². The lowest BCUT2D eigenvalue weighted by atomic mass is 10.0. The average Bonchev–Trinajstić information content (AvgIpc) is 3.28. The van der Waals surface area contributed by atoms with Gasteiger partial charge in [-0.1, -0.05) is 24.3 Å². The molecular formula is C24H26N4O3. The highest BCUT2D eigenvalue weighted by molar-refractivity contribution is 5.94. The summed E-state index contributed by atoms with van der Waals surface area (Å²) in [5.41, 5.74) is 4.16. The lowest BCUT2D eigenvalue weighted by Crippen LogP contribution is -2.23. The highest BCUT2D eigenvalue weighted by Gasteiger charge is 2.15. The molecule has 2 heterocycles. The van der Waals surface area contributed by atoms with Gasteiger partial charge in [0.05, 0.1) is 13.2 Å². The lowest BCUT2D eigenvalue weighted by Gasteiger charge is -2.17. The van der Waals surface area contributed by atoms with E-state index in [0.717, 1.165) is 34.5 Å². The second-order valence-corrected chi connectivity index (χ2v) is 7.62. The van der Waals surface area contributed by atoms with Gasteiger partial charge in [0, 0.05) is 37.5 Å². The minimum Gasteiger partial charge on any atom is -0.494 e. The molecule has 0 aliphatic carbocycles. The topological polar surface area (TPSA) is 85.3 Å². The van der Waals surface area contributed by atoms with Crippen molar-refractivity contribution >= 4 is 17.5 Å². The van der Waals surface area contributed by atoms with Crippen LogP contribution in [0.3, 0.4) is 0 Å². The van der Waals surface area contributed by atoms with Gasteiger partial charge in [0.15, 0.2) is 0 Å².